The summed E-state index contributed by atoms with van der Waals surface area (Å²) in [7, 11) is 0. The summed E-state index contributed by atoms with van der Waals surface area (Å²) in [5, 5.41) is 2.95. The highest BCUT2D eigenvalue weighted by Gasteiger charge is 2.33. The van der Waals surface area contributed by atoms with Crippen molar-refractivity contribution in [3.8, 4) is 0 Å². The molecule has 1 fully saturated rings. The number of carbonyl (C=O) groups excluding carboxylic acids is 2. The van der Waals surface area contributed by atoms with Gasteiger partial charge in [-0.2, -0.15) is 0 Å². The smallest absolute Gasteiger partial charge is 0.255 e. The standard InChI is InChI=1S/C18H24N2O3/c1-3-12(2)19-17(21)15-8-4-6-13-10-20(18(22)16(13)15)11-14-7-5-9-23-14/h4,6,8,12,14H,3,5,7,9-11H2,1-2H3,(H,19,21). The summed E-state index contributed by atoms with van der Waals surface area (Å²) in [6.45, 7) is 5.95. The number of nitrogens with one attached hydrogen (secondary N) is 1. The molecule has 5 heteroatoms. The summed E-state index contributed by atoms with van der Waals surface area (Å²) >= 11 is 0. The number of fused-ring (bicyclic) bond motifs is 1. The molecule has 1 aromatic carbocycles. The van der Waals surface area contributed by atoms with Crippen LogP contribution >= 0.6 is 0 Å². The van der Waals surface area contributed by atoms with Crippen molar-refractivity contribution in [3.05, 3.63) is 34.9 Å². The quantitative estimate of drug-likeness (QED) is 0.907. The van der Waals surface area contributed by atoms with E-state index >= 15 is 0 Å². The third kappa shape index (κ3) is 3.24. The lowest BCUT2D eigenvalue weighted by Gasteiger charge is -2.19. The Morgan fingerprint density at radius 2 is 2.30 bits per heavy atom. The van der Waals surface area contributed by atoms with Crippen molar-refractivity contribution >= 4 is 11.8 Å². The Bertz CT molecular complexity index is 608. The van der Waals surface area contributed by atoms with Gasteiger partial charge in [0, 0.05) is 25.7 Å². The average Bonchev–Trinajstić information content (AvgIpc) is 3.16. The Morgan fingerprint density at radius 3 is 3.00 bits per heavy atom. The molecule has 3 rings (SSSR count). The first kappa shape index (κ1) is 16.0. The molecule has 0 radical (unpaired) electrons. The van der Waals surface area contributed by atoms with E-state index in [-0.39, 0.29) is 24.0 Å². The van der Waals surface area contributed by atoms with Crippen LogP contribution in [0.4, 0.5) is 0 Å². The van der Waals surface area contributed by atoms with Gasteiger partial charge >= 0.3 is 0 Å². The minimum atomic E-state index is -0.163. The van der Waals surface area contributed by atoms with Crippen LogP contribution in [0.2, 0.25) is 0 Å². The van der Waals surface area contributed by atoms with E-state index in [1.54, 1.807) is 11.0 Å². The molecule has 1 saturated heterocycles. The average molecular weight is 316 g/mol. The van der Waals surface area contributed by atoms with Crippen molar-refractivity contribution < 1.29 is 14.3 Å². The summed E-state index contributed by atoms with van der Waals surface area (Å²) in [5.74, 6) is -0.214. The van der Waals surface area contributed by atoms with Gasteiger partial charge in [-0.15, -0.1) is 0 Å². The lowest BCUT2D eigenvalue weighted by atomic mass is 10.0. The first-order valence-electron chi connectivity index (χ1n) is 8.43. The van der Waals surface area contributed by atoms with Crippen LogP contribution in [0, 0.1) is 0 Å². The summed E-state index contributed by atoms with van der Waals surface area (Å²) in [6, 6.07) is 5.62. The molecule has 1 aromatic rings. The fraction of sp³-hybridized carbons (Fsp3) is 0.556. The molecule has 0 spiro atoms. The predicted octanol–water partition coefficient (Wildman–Crippen LogP) is 2.35. The number of hydrogen-bond donors (Lipinski definition) is 1. The molecule has 1 N–H and O–H groups in total. The topological polar surface area (TPSA) is 58.6 Å². The zero-order valence-electron chi connectivity index (χ0n) is 13.8. The summed E-state index contributed by atoms with van der Waals surface area (Å²) in [6.07, 6.45) is 3.05. The van der Waals surface area contributed by atoms with E-state index in [0.717, 1.165) is 31.4 Å². The fourth-order valence-corrected chi connectivity index (χ4v) is 3.19. The zero-order valence-corrected chi connectivity index (χ0v) is 13.8. The monoisotopic (exact) mass is 316 g/mol. The summed E-state index contributed by atoms with van der Waals surface area (Å²) < 4.78 is 5.63. The maximum Gasteiger partial charge on any atom is 0.255 e. The van der Waals surface area contributed by atoms with Crippen LogP contribution in [0.5, 0.6) is 0 Å². The van der Waals surface area contributed by atoms with E-state index in [1.165, 1.54) is 0 Å². The van der Waals surface area contributed by atoms with Crippen LogP contribution in [0.3, 0.4) is 0 Å². The van der Waals surface area contributed by atoms with Gasteiger partial charge in [0.05, 0.1) is 17.2 Å². The molecule has 124 valence electrons. The second-order valence-corrected chi connectivity index (χ2v) is 6.44. The molecule has 23 heavy (non-hydrogen) atoms. The van der Waals surface area contributed by atoms with Crippen LogP contribution < -0.4 is 5.32 Å². The first-order valence-corrected chi connectivity index (χ1v) is 8.43. The molecular formula is C18H24N2O3. The van der Waals surface area contributed by atoms with Gasteiger partial charge in [-0.1, -0.05) is 19.1 Å². The minimum Gasteiger partial charge on any atom is -0.376 e. The molecule has 0 bridgehead atoms. The van der Waals surface area contributed by atoms with Crippen molar-refractivity contribution in [3.63, 3.8) is 0 Å². The van der Waals surface area contributed by atoms with Crippen molar-refractivity contribution in [1.29, 1.82) is 0 Å². The Balaban J connectivity index is 1.79. The summed E-state index contributed by atoms with van der Waals surface area (Å²) in [5.41, 5.74) is 1.98. The molecule has 2 unspecified atom stereocenters. The Hall–Kier alpha value is -1.88. The SMILES string of the molecule is CCC(C)NC(=O)c1cccc2c1C(=O)N(CC1CCCO1)C2. The molecule has 0 aliphatic carbocycles. The Morgan fingerprint density at radius 1 is 1.48 bits per heavy atom. The number of rotatable bonds is 5. The Kier molecular flexibility index (Phi) is 4.66. The number of amides is 2. The minimum absolute atomic E-state index is 0.0506. The number of ether oxygens (including phenoxy) is 1. The van der Waals surface area contributed by atoms with Crippen LogP contribution in [-0.4, -0.2) is 42.0 Å². The van der Waals surface area contributed by atoms with Gasteiger partial charge in [-0.05, 0) is 37.8 Å². The highest BCUT2D eigenvalue weighted by molar-refractivity contribution is 6.09. The van der Waals surface area contributed by atoms with E-state index in [2.05, 4.69) is 5.32 Å². The van der Waals surface area contributed by atoms with Gasteiger partial charge in [-0.25, -0.2) is 0 Å². The maximum absolute atomic E-state index is 12.8. The van der Waals surface area contributed by atoms with E-state index in [1.807, 2.05) is 26.0 Å². The fourth-order valence-electron chi connectivity index (χ4n) is 3.19. The van der Waals surface area contributed by atoms with Crippen LogP contribution in [-0.2, 0) is 11.3 Å². The number of carbonyl (C=O) groups is 2. The first-order chi connectivity index (χ1) is 11.1. The molecule has 2 heterocycles. The molecule has 0 saturated carbocycles. The van der Waals surface area contributed by atoms with Crippen molar-refractivity contribution in [2.75, 3.05) is 13.2 Å². The van der Waals surface area contributed by atoms with E-state index in [9.17, 15) is 9.59 Å². The zero-order chi connectivity index (χ0) is 16.4. The second-order valence-electron chi connectivity index (χ2n) is 6.44. The normalized spacial score (nSPS) is 21.4. The van der Waals surface area contributed by atoms with Gasteiger partial charge in [0.1, 0.15) is 0 Å². The van der Waals surface area contributed by atoms with Gasteiger partial charge in [0.15, 0.2) is 0 Å². The second kappa shape index (κ2) is 6.71. The number of nitrogens with zero attached hydrogens (tertiary/aromatic N) is 1. The summed E-state index contributed by atoms with van der Waals surface area (Å²) in [4.78, 5) is 27.0. The number of hydrogen-bond acceptors (Lipinski definition) is 3. The molecule has 2 atom stereocenters. The maximum atomic E-state index is 12.8. The highest BCUT2D eigenvalue weighted by atomic mass is 16.5. The van der Waals surface area contributed by atoms with E-state index < -0.39 is 0 Å². The van der Waals surface area contributed by atoms with Crippen molar-refractivity contribution in [1.82, 2.24) is 10.2 Å². The molecule has 5 nitrogen and oxygen atoms in total. The van der Waals surface area contributed by atoms with E-state index in [0.29, 0.717) is 24.2 Å². The molecule has 2 aliphatic heterocycles. The predicted molar refractivity (Wildman–Crippen MR) is 87.4 cm³/mol. The Labute approximate surface area is 137 Å². The lowest BCUT2D eigenvalue weighted by molar-refractivity contribution is 0.0544. The van der Waals surface area contributed by atoms with Gasteiger partial charge in [0.25, 0.3) is 11.8 Å². The van der Waals surface area contributed by atoms with Crippen molar-refractivity contribution in [2.45, 2.75) is 51.8 Å². The molecule has 0 aromatic heterocycles. The van der Waals surface area contributed by atoms with Crippen LogP contribution in [0.15, 0.2) is 18.2 Å². The van der Waals surface area contributed by atoms with Gasteiger partial charge in [0.2, 0.25) is 0 Å². The molecule has 2 aliphatic rings. The van der Waals surface area contributed by atoms with Crippen molar-refractivity contribution in [2.24, 2.45) is 0 Å². The third-order valence-electron chi connectivity index (χ3n) is 4.70. The molecule has 2 amide bonds. The van der Waals surface area contributed by atoms with Gasteiger partial charge in [-0.3, -0.25) is 9.59 Å². The lowest BCUT2D eigenvalue weighted by Crippen LogP contribution is -2.35. The largest absolute Gasteiger partial charge is 0.376 e. The van der Waals surface area contributed by atoms with Gasteiger partial charge < -0.3 is 15.0 Å². The molecular weight excluding hydrogens is 292 g/mol. The van der Waals surface area contributed by atoms with E-state index in [4.69, 9.17) is 4.74 Å². The highest BCUT2D eigenvalue weighted by Crippen LogP contribution is 2.27. The van der Waals surface area contributed by atoms with Crippen LogP contribution in [0.25, 0.3) is 0 Å². The number of benzene rings is 1. The third-order valence-corrected chi connectivity index (χ3v) is 4.70. The van der Waals surface area contributed by atoms with Crippen LogP contribution in [0.1, 0.15) is 59.4 Å².